The third-order valence-electron chi connectivity index (χ3n) is 4.77. The third-order valence-corrected chi connectivity index (χ3v) is 6.67. The third kappa shape index (κ3) is 4.65. The number of hydrogen-bond donors (Lipinski definition) is 1. The molecule has 8 nitrogen and oxygen atoms in total. The van der Waals surface area contributed by atoms with E-state index in [1.165, 1.54) is 0 Å². The van der Waals surface area contributed by atoms with Crippen LogP contribution in [0.4, 0.5) is 5.69 Å². The van der Waals surface area contributed by atoms with Crippen molar-refractivity contribution in [1.82, 2.24) is 5.32 Å². The first-order valence-electron chi connectivity index (χ1n) is 8.76. The maximum atomic E-state index is 12.1. The van der Waals surface area contributed by atoms with Crippen LogP contribution in [-0.2, 0) is 24.2 Å². The molecule has 9 heteroatoms. The van der Waals surface area contributed by atoms with Crippen LogP contribution in [-0.4, -0.2) is 56.4 Å². The van der Waals surface area contributed by atoms with Gasteiger partial charge in [0, 0.05) is 18.7 Å². The topological polar surface area (TPSA) is 110 Å². The Morgan fingerprint density at radius 1 is 1.26 bits per heavy atom. The van der Waals surface area contributed by atoms with Crippen molar-refractivity contribution in [2.24, 2.45) is 0 Å². The number of carbonyl (C=O) groups excluding carboxylic acids is 3. The molecule has 3 rings (SSSR count). The van der Waals surface area contributed by atoms with Gasteiger partial charge in [-0.05, 0) is 44.0 Å². The Balaban J connectivity index is 1.52. The lowest BCUT2D eigenvalue weighted by Gasteiger charge is -2.23. The normalized spacial score (nSPS) is 24.0. The minimum atomic E-state index is -3.14. The Bertz CT molecular complexity index is 864. The number of carbonyl (C=O) groups is 3. The van der Waals surface area contributed by atoms with Crippen LogP contribution in [0.2, 0.25) is 0 Å². The van der Waals surface area contributed by atoms with E-state index in [0.29, 0.717) is 19.4 Å². The molecule has 0 unspecified atom stereocenters. The first-order valence-corrected chi connectivity index (χ1v) is 10.6. The van der Waals surface area contributed by atoms with Crippen molar-refractivity contribution in [3.8, 4) is 0 Å². The van der Waals surface area contributed by atoms with Crippen molar-refractivity contribution >= 4 is 33.3 Å². The Morgan fingerprint density at radius 2 is 1.96 bits per heavy atom. The molecule has 0 aliphatic carbocycles. The number of anilines is 1. The molecule has 2 aliphatic heterocycles. The van der Waals surface area contributed by atoms with Crippen molar-refractivity contribution in [1.29, 1.82) is 0 Å². The lowest BCUT2D eigenvalue weighted by molar-refractivity contribution is -0.125. The molecule has 0 aromatic heterocycles. The molecule has 0 radical (unpaired) electrons. The second-order valence-electron chi connectivity index (χ2n) is 7.22. The number of amides is 2. The maximum absolute atomic E-state index is 12.1. The molecule has 2 heterocycles. The molecule has 1 aromatic rings. The second kappa shape index (κ2) is 7.30. The van der Waals surface area contributed by atoms with E-state index >= 15 is 0 Å². The molecular formula is C18H22N2O6S. The van der Waals surface area contributed by atoms with E-state index in [2.05, 4.69) is 5.32 Å². The van der Waals surface area contributed by atoms with E-state index in [1.807, 2.05) is 0 Å². The first kappa shape index (κ1) is 19.3. The monoisotopic (exact) mass is 394 g/mol. The number of sulfone groups is 1. The van der Waals surface area contributed by atoms with Gasteiger partial charge in [0.05, 0.1) is 22.6 Å². The van der Waals surface area contributed by atoms with Gasteiger partial charge in [0.1, 0.15) is 0 Å². The molecule has 1 atom stereocenters. The summed E-state index contributed by atoms with van der Waals surface area (Å²) in [6, 6.07) is 6.44. The fraction of sp³-hybridized carbons (Fsp3) is 0.500. The fourth-order valence-corrected chi connectivity index (χ4v) is 5.49. The number of nitrogens with zero attached hydrogens (tertiary/aromatic N) is 1. The van der Waals surface area contributed by atoms with Crippen LogP contribution in [0.3, 0.4) is 0 Å². The molecule has 0 saturated carbocycles. The van der Waals surface area contributed by atoms with E-state index in [0.717, 1.165) is 12.1 Å². The van der Waals surface area contributed by atoms with Gasteiger partial charge >= 0.3 is 5.97 Å². The molecule has 2 saturated heterocycles. The van der Waals surface area contributed by atoms with Crippen molar-refractivity contribution in [2.45, 2.75) is 31.7 Å². The molecule has 1 aromatic carbocycles. The smallest absolute Gasteiger partial charge is 0.338 e. The average molecular weight is 394 g/mol. The molecule has 2 amide bonds. The van der Waals surface area contributed by atoms with E-state index in [4.69, 9.17) is 4.74 Å². The number of hydrogen-bond acceptors (Lipinski definition) is 6. The Kier molecular flexibility index (Phi) is 5.23. The summed E-state index contributed by atoms with van der Waals surface area (Å²) in [6.07, 6.45) is 1.68. The van der Waals surface area contributed by atoms with Crippen LogP contribution in [0.1, 0.15) is 36.5 Å². The number of nitrogens with one attached hydrogen (secondary N) is 1. The summed E-state index contributed by atoms with van der Waals surface area (Å²) < 4.78 is 28.1. The Labute approximate surface area is 157 Å². The predicted octanol–water partition coefficient (Wildman–Crippen LogP) is 0.664. The van der Waals surface area contributed by atoms with Crippen LogP contribution in [0.25, 0.3) is 0 Å². The fourth-order valence-electron chi connectivity index (χ4n) is 3.39. The van der Waals surface area contributed by atoms with E-state index in [1.54, 1.807) is 36.1 Å². The van der Waals surface area contributed by atoms with Gasteiger partial charge in [0.2, 0.25) is 5.91 Å². The lowest BCUT2D eigenvalue weighted by atomic mass is 10.0. The summed E-state index contributed by atoms with van der Waals surface area (Å²) in [5.74, 6) is -1.22. The Hall–Kier alpha value is -2.42. The van der Waals surface area contributed by atoms with Gasteiger partial charge in [-0.25, -0.2) is 13.2 Å². The van der Waals surface area contributed by atoms with Gasteiger partial charge in [-0.2, -0.15) is 0 Å². The van der Waals surface area contributed by atoms with Crippen LogP contribution in [0, 0.1) is 0 Å². The number of rotatable bonds is 5. The molecular weight excluding hydrogens is 372 g/mol. The molecule has 1 N–H and O–H groups in total. The minimum Gasteiger partial charge on any atom is -0.452 e. The summed E-state index contributed by atoms with van der Waals surface area (Å²) >= 11 is 0. The first-order chi connectivity index (χ1) is 12.7. The highest BCUT2D eigenvalue weighted by molar-refractivity contribution is 7.91. The van der Waals surface area contributed by atoms with Crippen LogP contribution >= 0.6 is 0 Å². The zero-order valence-electron chi connectivity index (χ0n) is 15.1. The lowest BCUT2D eigenvalue weighted by Crippen LogP contribution is -2.48. The SMILES string of the molecule is C[C@@]1(NC(=O)COC(=O)c2ccc(N3CCCC3=O)cc2)CCS(=O)(=O)C1. The van der Waals surface area contributed by atoms with Gasteiger partial charge in [-0.3, -0.25) is 9.59 Å². The van der Waals surface area contributed by atoms with E-state index in [9.17, 15) is 22.8 Å². The van der Waals surface area contributed by atoms with Crippen molar-refractivity contribution in [3.63, 3.8) is 0 Å². The summed E-state index contributed by atoms with van der Waals surface area (Å²) in [6.45, 7) is 1.84. The number of esters is 1. The Morgan fingerprint density at radius 3 is 2.52 bits per heavy atom. The zero-order valence-corrected chi connectivity index (χ0v) is 15.9. The average Bonchev–Trinajstić information content (AvgIpc) is 3.15. The van der Waals surface area contributed by atoms with E-state index < -0.39 is 33.9 Å². The maximum Gasteiger partial charge on any atom is 0.338 e. The van der Waals surface area contributed by atoms with Crippen molar-refractivity contribution in [2.75, 3.05) is 29.6 Å². The standard InChI is InChI=1S/C18H22N2O6S/c1-18(8-10-27(24,25)12-18)19-15(21)11-26-17(23)13-4-6-14(7-5-13)20-9-2-3-16(20)22/h4-7H,2-3,8-12H2,1H3,(H,19,21)/t18-/m1/s1. The minimum absolute atomic E-state index is 0.0371. The summed E-state index contributed by atoms with van der Waals surface area (Å²) in [7, 11) is -3.14. The molecule has 27 heavy (non-hydrogen) atoms. The van der Waals surface area contributed by atoms with Crippen molar-refractivity contribution < 1.29 is 27.5 Å². The zero-order chi connectivity index (χ0) is 19.7. The largest absolute Gasteiger partial charge is 0.452 e. The van der Waals surface area contributed by atoms with Crippen LogP contribution in [0.15, 0.2) is 24.3 Å². The summed E-state index contributed by atoms with van der Waals surface area (Å²) in [4.78, 5) is 37.5. The van der Waals surface area contributed by atoms with Crippen molar-refractivity contribution in [3.05, 3.63) is 29.8 Å². The molecule has 0 spiro atoms. The highest BCUT2D eigenvalue weighted by Gasteiger charge is 2.39. The summed E-state index contributed by atoms with van der Waals surface area (Å²) in [5.41, 5.74) is 0.168. The van der Waals surface area contributed by atoms with E-state index in [-0.39, 0.29) is 23.0 Å². The quantitative estimate of drug-likeness (QED) is 0.735. The van der Waals surface area contributed by atoms with Gasteiger partial charge < -0.3 is 15.0 Å². The van der Waals surface area contributed by atoms with Gasteiger partial charge in [-0.15, -0.1) is 0 Å². The van der Waals surface area contributed by atoms with Crippen LogP contribution in [0.5, 0.6) is 0 Å². The second-order valence-corrected chi connectivity index (χ2v) is 9.41. The number of benzene rings is 1. The van der Waals surface area contributed by atoms with Gasteiger partial charge in [-0.1, -0.05) is 0 Å². The molecule has 0 bridgehead atoms. The van der Waals surface area contributed by atoms with Gasteiger partial charge in [0.25, 0.3) is 5.91 Å². The molecule has 146 valence electrons. The van der Waals surface area contributed by atoms with Crippen LogP contribution < -0.4 is 10.2 Å². The molecule has 2 aliphatic rings. The highest BCUT2D eigenvalue weighted by atomic mass is 32.2. The van der Waals surface area contributed by atoms with Gasteiger partial charge in [0.15, 0.2) is 16.4 Å². The highest BCUT2D eigenvalue weighted by Crippen LogP contribution is 2.23. The summed E-state index contributed by atoms with van der Waals surface area (Å²) in [5, 5.41) is 2.63. The molecule has 2 fully saturated rings. The predicted molar refractivity (Wildman–Crippen MR) is 98.1 cm³/mol. The number of ether oxygens (including phenoxy) is 1.